The number of hydrogen-bond acceptors (Lipinski definition) is 3. The Hall–Kier alpha value is -1.26. The minimum Gasteiger partial charge on any atom is -0.384 e. The van der Waals surface area contributed by atoms with E-state index < -0.39 is 5.91 Å². The van der Waals surface area contributed by atoms with E-state index in [0.29, 0.717) is 16.5 Å². The molecule has 1 heterocycles. The van der Waals surface area contributed by atoms with Crippen molar-refractivity contribution in [3.8, 4) is 0 Å². The fourth-order valence-electron chi connectivity index (χ4n) is 2.21. The van der Waals surface area contributed by atoms with Gasteiger partial charge in [-0.15, -0.1) is 0 Å². The number of nitrogens with two attached hydrogens (primary N) is 1. The van der Waals surface area contributed by atoms with Gasteiger partial charge in [-0.1, -0.05) is 11.6 Å². The first-order valence-electron chi connectivity index (χ1n) is 6.21. The molecule has 18 heavy (non-hydrogen) atoms. The topological polar surface area (TPSA) is 67.2 Å². The molecular formula is C13H18ClN3O. The third-order valence-corrected chi connectivity index (χ3v) is 3.52. The van der Waals surface area contributed by atoms with E-state index in [9.17, 15) is 4.79 Å². The van der Waals surface area contributed by atoms with Crippen LogP contribution in [0.25, 0.3) is 0 Å². The molecule has 98 valence electrons. The van der Waals surface area contributed by atoms with Crippen molar-refractivity contribution in [2.24, 2.45) is 11.7 Å². The van der Waals surface area contributed by atoms with Gasteiger partial charge in [0.25, 0.3) is 5.91 Å². The molecule has 1 aliphatic heterocycles. The number of carbonyl (C=O) groups is 1. The smallest absolute Gasteiger partial charge is 0.250 e. The van der Waals surface area contributed by atoms with Crippen LogP contribution in [0.4, 0.5) is 5.69 Å². The Morgan fingerprint density at radius 2 is 2.17 bits per heavy atom. The Balaban J connectivity index is 2.01. The second kappa shape index (κ2) is 6.07. The zero-order valence-corrected chi connectivity index (χ0v) is 11.0. The molecule has 1 amide bonds. The molecule has 4 N–H and O–H groups in total. The van der Waals surface area contributed by atoms with Crippen LogP contribution < -0.4 is 16.4 Å². The molecule has 0 aliphatic carbocycles. The third-order valence-electron chi connectivity index (χ3n) is 3.29. The molecule has 0 saturated carbocycles. The summed E-state index contributed by atoms with van der Waals surface area (Å²) in [6, 6.07) is 5.18. The second-order valence-electron chi connectivity index (χ2n) is 4.63. The van der Waals surface area contributed by atoms with Crippen LogP contribution in [0.15, 0.2) is 18.2 Å². The fraction of sp³-hybridized carbons (Fsp3) is 0.462. The highest BCUT2D eigenvalue weighted by molar-refractivity contribution is 6.31. The summed E-state index contributed by atoms with van der Waals surface area (Å²) in [7, 11) is 0. The molecule has 1 saturated heterocycles. The van der Waals surface area contributed by atoms with Gasteiger partial charge < -0.3 is 16.4 Å². The fourth-order valence-corrected chi connectivity index (χ4v) is 2.39. The average Bonchev–Trinajstić information content (AvgIpc) is 2.38. The molecule has 4 nitrogen and oxygen atoms in total. The van der Waals surface area contributed by atoms with Gasteiger partial charge in [0.05, 0.1) is 5.56 Å². The zero-order valence-electron chi connectivity index (χ0n) is 10.2. The Morgan fingerprint density at radius 1 is 1.44 bits per heavy atom. The van der Waals surface area contributed by atoms with Crippen molar-refractivity contribution in [2.45, 2.75) is 12.8 Å². The van der Waals surface area contributed by atoms with Crippen LogP contribution in [0.1, 0.15) is 23.2 Å². The summed E-state index contributed by atoms with van der Waals surface area (Å²) in [6.45, 7) is 2.99. The molecule has 0 bridgehead atoms. The van der Waals surface area contributed by atoms with Crippen molar-refractivity contribution < 1.29 is 4.79 Å². The minimum atomic E-state index is -0.453. The molecular weight excluding hydrogens is 250 g/mol. The molecule has 1 aliphatic rings. The van der Waals surface area contributed by atoms with Gasteiger partial charge in [0.15, 0.2) is 0 Å². The molecule has 0 unspecified atom stereocenters. The predicted molar refractivity (Wildman–Crippen MR) is 74.1 cm³/mol. The van der Waals surface area contributed by atoms with Crippen molar-refractivity contribution in [1.29, 1.82) is 0 Å². The lowest BCUT2D eigenvalue weighted by Gasteiger charge is -2.23. The van der Waals surface area contributed by atoms with Gasteiger partial charge in [-0.3, -0.25) is 4.79 Å². The van der Waals surface area contributed by atoms with Gasteiger partial charge in [-0.2, -0.15) is 0 Å². The van der Waals surface area contributed by atoms with Gasteiger partial charge in [0, 0.05) is 17.3 Å². The van der Waals surface area contributed by atoms with Crippen molar-refractivity contribution in [1.82, 2.24) is 5.32 Å². The monoisotopic (exact) mass is 267 g/mol. The maximum Gasteiger partial charge on any atom is 0.250 e. The minimum absolute atomic E-state index is 0.453. The number of anilines is 1. The Morgan fingerprint density at radius 3 is 2.83 bits per heavy atom. The van der Waals surface area contributed by atoms with E-state index in [2.05, 4.69) is 10.6 Å². The molecule has 1 aromatic rings. The highest BCUT2D eigenvalue weighted by Crippen LogP contribution is 2.21. The first kappa shape index (κ1) is 13.2. The maximum atomic E-state index is 11.3. The molecule has 0 spiro atoms. The largest absolute Gasteiger partial charge is 0.384 e. The first-order chi connectivity index (χ1) is 8.66. The molecule has 1 fully saturated rings. The van der Waals surface area contributed by atoms with E-state index in [0.717, 1.165) is 38.2 Å². The van der Waals surface area contributed by atoms with Crippen LogP contribution >= 0.6 is 11.6 Å². The Bertz CT molecular complexity index is 430. The van der Waals surface area contributed by atoms with Crippen molar-refractivity contribution in [3.63, 3.8) is 0 Å². The van der Waals surface area contributed by atoms with E-state index in [1.54, 1.807) is 12.1 Å². The van der Waals surface area contributed by atoms with Gasteiger partial charge in [0.2, 0.25) is 0 Å². The summed E-state index contributed by atoms with van der Waals surface area (Å²) in [4.78, 5) is 11.3. The van der Waals surface area contributed by atoms with Crippen molar-refractivity contribution in [2.75, 3.05) is 25.0 Å². The standard InChI is InChI=1S/C13H18ClN3O/c14-10-1-2-12(11(7-10)13(15)18)17-8-9-3-5-16-6-4-9/h1-2,7,9,16-17H,3-6,8H2,(H2,15,18). The maximum absolute atomic E-state index is 11.3. The number of hydrogen-bond donors (Lipinski definition) is 3. The van der Waals surface area contributed by atoms with E-state index in [4.69, 9.17) is 17.3 Å². The summed E-state index contributed by atoms with van der Waals surface area (Å²) < 4.78 is 0. The zero-order chi connectivity index (χ0) is 13.0. The van der Waals surface area contributed by atoms with Crippen molar-refractivity contribution in [3.05, 3.63) is 28.8 Å². The van der Waals surface area contributed by atoms with Crippen LogP contribution in [0, 0.1) is 5.92 Å². The van der Waals surface area contributed by atoms with Crippen LogP contribution in [0.2, 0.25) is 5.02 Å². The second-order valence-corrected chi connectivity index (χ2v) is 5.06. The van der Waals surface area contributed by atoms with E-state index >= 15 is 0 Å². The van der Waals surface area contributed by atoms with Gasteiger partial charge >= 0.3 is 0 Å². The van der Waals surface area contributed by atoms with Crippen molar-refractivity contribution >= 4 is 23.2 Å². The summed E-state index contributed by atoms with van der Waals surface area (Å²) in [5.41, 5.74) is 6.57. The SMILES string of the molecule is NC(=O)c1cc(Cl)ccc1NCC1CCNCC1. The lowest BCUT2D eigenvalue weighted by atomic mass is 9.98. The van der Waals surface area contributed by atoms with Crippen LogP contribution in [-0.4, -0.2) is 25.5 Å². The highest BCUT2D eigenvalue weighted by Gasteiger charge is 2.14. The number of rotatable bonds is 4. The molecule has 1 aromatic carbocycles. The summed E-state index contributed by atoms with van der Waals surface area (Å²) in [5, 5.41) is 7.16. The highest BCUT2D eigenvalue weighted by atomic mass is 35.5. The van der Waals surface area contributed by atoms with E-state index in [-0.39, 0.29) is 0 Å². The molecule has 5 heteroatoms. The third kappa shape index (κ3) is 3.37. The van der Waals surface area contributed by atoms with E-state index in [1.807, 2.05) is 6.07 Å². The predicted octanol–water partition coefficient (Wildman–Crippen LogP) is 1.85. The number of nitrogens with one attached hydrogen (secondary N) is 2. The number of halogens is 1. The molecule has 2 rings (SSSR count). The molecule has 0 atom stereocenters. The van der Waals surface area contributed by atoms with Gasteiger partial charge in [0.1, 0.15) is 0 Å². The van der Waals surface area contributed by atoms with Crippen LogP contribution in [-0.2, 0) is 0 Å². The number of primary amides is 1. The average molecular weight is 268 g/mol. The lowest BCUT2D eigenvalue weighted by Crippen LogP contribution is -2.31. The number of benzene rings is 1. The number of piperidine rings is 1. The summed E-state index contributed by atoms with van der Waals surface area (Å²) in [5.74, 6) is 0.188. The van der Waals surface area contributed by atoms with Gasteiger partial charge in [-0.05, 0) is 50.0 Å². The first-order valence-corrected chi connectivity index (χ1v) is 6.58. The van der Waals surface area contributed by atoms with E-state index in [1.165, 1.54) is 0 Å². The van der Waals surface area contributed by atoms with Crippen LogP contribution in [0.3, 0.4) is 0 Å². The Kier molecular flexibility index (Phi) is 4.44. The molecule has 0 radical (unpaired) electrons. The quantitative estimate of drug-likeness (QED) is 0.780. The molecule has 0 aromatic heterocycles. The lowest BCUT2D eigenvalue weighted by molar-refractivity contribution is 0.100. The van der Waals surface area contributed by atoms with Crippen LogP contribution in [0.5, 0.6) is 0 Å². The number of carbonyl (C=O) groups excluding carboxylic acids is 1. The number of amides is 1. The normalized spacial score (nSPS) is 16.5. The summed E-state index contributed by atoms with van der Waals surface area (Å²) in [6.07, 6.45) is 2.32. The summed E-state index contributed by atoms with van der Waals surface area (Å²) >= 11 is 5.87. The Labute approximate surface area is 112 Å². The van der Waals surface area contributed by atoms with Gasteiger partial charge in [-0.25, -0.2) is 0 Å².